The zero-order valence-corrected chi connectivity index (χ0v) is 17.3. The van der Waals surface area contributed by atoms with Crippen molar-refractivity contribution in [3.63, 3.8) is 0 Å². The molecule has 1 aliphatic rings. The van der Waals surface area contributed by atoms with Crippen LogP contribution in [0.25, 0.3) is 10.9 Å². The first-order valence-electron chi connectivity index (χ1n) is 10.4. The second-order valence-corrected chi connectivity index (χ2v) is 7.84. The number of fused-ring (bicyclic) bond motifs is 1. The van der Waals surface area contributed by atoms with Gasteiger partial charge >= 0.3 is 0 Å². The van der Waals surface area contributed by atoms with Crippen LogP contribution < -0.4 is 4.74 Å². The molecule has 2 aromatic carbocycles. The Morgan fingerprint density at radius 2 is 1.97 bits per heavy atom. The summed E-state index contributed by atoms with van der Waals surface area (Å²) in [6, 6.07) is 17.3. The SMILES string of the molecule is COc1cccc(CN2CCN(Cc3ccc4cccc(F)c4n3)C[C@H]2CCO)c1. The van der Waals surface area contributed by atoms with Crippen molar-refractivity contribution >= 4 is 10.9 Å². The summed E-state index contributed by atoms with van der Waals surface area (Å²) >= 11 is 0. The second-order valence-electron chi connectivity index (χ2n) is 7.84. The number of piperazine rings is 1. The highest BCUT2D eigenvalue weighted by Crippen LogP contribution is 2.21. The molecule has 5 nitrogen and oxygen atoms in total. The van der Waals surface area contributed by atoms with Gasteiger partial charge in [-0.3, -0.25) is 9.80 Å². The Bertz CT molecular complexity index is 997. The summed E-state index contributed by atoms with van der Waals surface area (Å²) in [5.41, 5.74) is 2.51. The van der Waals surface area contributed by atoms with Crippen molar-refractivity contribution in [1.82, 2.24) is 14.8 Å². The maximum absolute atomic E-state index is 14.1. The minimum absolute atomic E-state index is 0.159. The van der Waals surface area contributed by atoms with Gasteiger partial charge in [0.05, 0.1) is 12.8 Å². The standard InChI is InChI=1S/C24H28FN3O2/c1-30-22-6-2-4-18(14-22)15-28-12-11-27(17-21(28)10-13-29)16-20-9-8-19-5-3-7-23(25)24(19)26-20/h2-9,14,21,29H,10-13,15-17H2,1H3/t21-/m1/s1. The molecule has 0 saturated carbocycles. The second kappa shape index (κ2) is 9.51. The third-order valence-electron chi connectivity index (χ3n) is 5.79. The van der Waals surface area contributed by atoms with E-state index in [2.05, 4.69) is 26.9 Å². The Morgan fingerprint density at radius 1 is 1.10 bits per heavy atom. The molecule has 1 aliphatic heterocycles. The highest BCUT2D eigenvalue weighted by atomic mass is 19.1. The molecule has 0 radical (unpaired) electrons. The van der Waals surface area contributed by atoms with Crippen LogP contribution in [0.1, 0.15) is 17.7 Å². The van der Waals surface area contributed by atoms with Crippen LogP contribution in [0.3, 0.4) is 0 Å². The molecule has 2 heterocycles. The normalized spacial score (nSPS) is 18.0. The Balaban J connectivity index is 1.44. The Labute approximate surface area is 176 Å². The predicted molar refractivity (Wildman–Crippen MR) is 116 cm³/mol. The number of nitrogens with zero attached hydrogens (tertiary/aromatic N) is 3. The molecule has 1 N–H and O–H groups in total. The number of aliphatic hydroxyl groups excluding tert-OH is 1. The molecule has 0 amide bonds. The minimum Gasteiger partial charge on any atom is -0.497 e. The van der Waals surface area contributed by atoms with Crippen LogP contribution in [-0.2, 0) is 13.1 Å². The summed E-state index contributed by atoms with van der Waals surface area (Å²) in [5, 5.41) is 10.4. The lowest BCUT2D eigenvalue weighted by Crippen LogP contribution is -2.52. The number of hydrogen-bond acceptors (Lipinski definition) is 5. The van der Waals surface area contributed by atoms with Gasteiger partial charge in [-0.1, -0.05) is 30.3 Å². The molecular weight excluding hydrogens is 381 g/mol. The molecule has 6 heteroatoms. The Hall–Kier alpha value is -2.54. The smallest absolute Gasteiger partial charge is 0.149 e. The minimum atomic E-state index is -0.282. The van der Waals surface area contributed by atoms with Crippen LogP contribution in [0.5, 0.6) is 5.75 Å². The molecule has 1 fully saturated rings. The number of aliphatic hydroxyl groups is 1. The maximum Gasteiger partial charge on any atom is 0.149 e. The summed E-state index contributed by atoms with van der Waals surface area (Å²) in [6.07, 6.45) is 0.722. The number of para-hydroxylation sites is 1. The van der Waals surface area contributed by atoms with Crippen LogP contribution in [0.15, 0.2) is 54.6 Å². The molecule has 30 heavy (non-hydrogen) atoms. The van der Waals surface area contributed by atoms with Gasteiger partial charge in [0, 0.05) is 50.8 Å². The predicted octanol–water partition coefficient (Wildman–Crippen LogP) is 3.45. The first kappa shape index (κ1) is 20.7. The fourth-order valence-corrected chi connectivity index (χ4v) is 4.21. The fourth-order valence-electron chi connectivity index (χ4n) is 4.21. The van der Waals surface area contributed by atoms with Gasteiger partial charge < -0.3 is 9.84 Å². The van der Waals surface area contributed by atoms with Gasteiger partial charge in [0.2, 0.25) is 0 Å². The van der Waals surface area contributed by atoms with Crippen molar-refractivity contribution in [2.24, 2.45) is 0 Å². The number of halogens is 1. The van der Waals surface area contributed by atoms with Crippen LogP contribution in [-0.4, -0.2) is 59.3 Å². The van der Waals surface area contributed by atoms with Gasteiger partial charge in [0.1, 0.15) is 17.1 Å². The van der Waals surface area contributed by atoms with E-state index in [9.17, 15) is 9.50 Å². The van der Waals surface area contributed by atoms with Crippen molar-refractivity contribution < 1.29 is 14.2 Å². The van der Waals surface area contributed by atoms with Crippen LogP contribution in [0, 0.1) is 5.82 Å². The lowest BCUT2D eigenvalue weighted by Gasteiger charge is -2.41. The third kappa shape index (κ3) is 4.78. The fraction of sp³-hybridized carbons (Fsp3) is 0.375. The van der Waals surface area contributed by atoms with E-state index in [1.807, 2.05) is 30.3 Å². The number of ether oxygens (including phenoxy) is 1. The molecule has 158 valence electrons. The van der Waals surface area contributed by atoms with Crippen molar-refractivity contribution in [1.29, 1.82) is 0 Å². The number of hydrogen-bond donors (Lipinski definition) is 1. The summed E-state index contributed by atoms with van der Waals surface area (Å²) in [5.74, 6) is 0.579. The van der Waals surface area contributed by atoms with Crippen LogP contribution >= 0.6 is 0 Å². The maximum atomic E-state index is 14.1. The van der Waals surface area contributed by atoms with E-state index in [-0.39, 0.29) is 18.5 Å². The Kier molecular flexibility index (Phi) is 6.57. The molecule has 0 spiro atoms. The zero-order valence-electron chi connectivity index (χ0n) is 17.3. The Morgan fingerprint density at radius 3 is 2.80 bits per heavy atom. The first-order valence-corrected chi connectivity index (χ1v) is 10.4. The first-order chi connectivity index (χ1) is 14.7. The third-order valence-corrected chi connectivity index (χ3v) is 5.79. The van der Waals surface area contributed by atoms with Gasteiger partial charge in [-0.15, -0.1) is 0 Å². The topological polar surface area (TPSA) is 48.8 Å². The average molecular weight is 410 g/mol. The van der Waals surface area contributed by atoms with E-state index in [0.717, 1.165) is 49.4 Å². The summed E-state index contributed by atoms with van der Waals surface area (Å²) in [6.45, 7) is 4.33. The highest BCUT2D eigenvalue weighted by Gasteiger charge is 2.27. The van der Waals surface area contributed by atoms with E-state index in [1.54, 1.807) is 13.2 Å². The lowest BCUT2D eigenvalue weighted by atomic mass is 10.1. The largest absolute Gasteiger partial charge is 0.497 e. The number of aromatic nitrogens is 1. The van der Waals surface area contributed by atoms with Gasteiger partial charge in [-0.2, -0.15) is 0 Å². The number of pyridine rings is 1. The average Bonchev–Trinajstić information content (AvgIpc) is 2.76. The van der Waals surface area contributed by atoms with Gasteiger partial charge in [0.25, 0.3) is 0 Å². The summed E-state index contributed by atoms with van der Waals surface area (Å²) < 4.78 is 19.4. The van der Waals surface area contributed by atoms with Crippen molar-refractivity contribution in [2.75, 3.05) is 33.4 Å². The van der Waals surface area contributed by atoms with Crippen LogP contribution in [0.4, 0.5) is 4.39 Å². The lowest BCUT2D eigenvalue weighted by molar-refractivity contribution is 0.0494. The number of rotatable bonds is 7. The van der Waals surface area contributed by atoms with Gasteiger partial charge in [-0.05, 0) is 36.2 Å². The molecule has 3 aromatic rings. The van der Waals surface area contributed by atoms with Crippen LogP contribution in [0.2, 0.25) is 0 Å². The molecule has 4 rings (SSSR count). The molecule has 1 atom stereocenters. The van der Waals surface area contributed by atoms with E-state index >= 15 is 0 Å². The molecule has 1 aromatic heterocycles. The van der Waals surface area contributed by atoms with E-state index < -0.39 is 0 Å². The molecule has 0 unspecified atom stereocenters. The molecule has 1 saturated heterocycles. The quantitative estimate of drug-likeness (QED) is 0.648. The molecule has 0 aliphatic carbocycles. The van der Waals surface area contributed by atoms with E-state index in [1.165, 1.54) is 11.6 Å². The zero-order chi connectivity index (χ0) is 20.9. The number of benzene rings is 2. The van der Waals surface area contributed by atoms with Crippen molar-refractivity contribution in [2.45, 2.75) is 25.6 Å². The molecular formula is C24H28FN3O2. The van der Waals surface area contributed by atoms with Crippen molar-refractivity contribution in [3.05, 3.63) is 71.7 Å². The van der Waals surface area contributed by atoms with E-state index in [0.29, 0.717) is 12.1 Å². The van der Waals surface area contributed by atoms with Gasteiger partial charge in [0.15, 0.2) is 0 Å². The van der Waals surface area contributed by atoms with Gasteiger partial charge in [-0.25, -0.2) is 9.37 Å². The highest BCUT2D eigenvalue weighted by molar-refractivity contribution is 5.79. The summed E-state index contributed by atoms with van der Waals surface area (Å²) in [4.78, 5) is 9.32. The summed E-state index contributed by atoms with van der Waals surface area (Å²) in [7, 11) is 1.68. The monoisotopic (exact) mass is 409 g/mol. The van der Waals surface area contributed by atoms with E-state index in [4.69, 9.17) is 4.74 Å². The molecule has 0 bridgehead atoms. The van der Waals surface area contributed by atoms with Crippen molar-refractivity contribution in [3.8, 4) is 5.75 Å². The number of methoxy groups -OCH3 is 1.